The highest BCUT2D eigenvalue weighted by atomic mass is 19.1. The zero-order valence-electron chi connectivity index (χ0n) is 18.2. The quantitative estimate of drug-likeness (QED) is 0.501. The Bertz CT molecular complexity index is 1340. The van der Waals surface area contributed by atoms with E-state index in [0.717, 1.165) is 64.7 Å². The van der Waals surface area contributed by atoms with Gasteiger partial charge < -0.3 is 20.7 Å². The van der Waals surface area contributed by atoms with Gasteiger partial charge in [-0.2, -0.15) is 9.97 Å². The summed E-state index contributed by atoms with van der Waals surface area (Å²) in [5, 5.41) is 3.13. The van der Waals surface area contributed by atoms with Crippen molar-refractivity contribution in [3.05, 3.63) is 58.8 Å². The van der Waals surface area contributed by atoms with Gasteiger partial charge in [-0.25, -0.2) is 4.39 Å². The summed E-state index contributed by atoms with van der Waals surface area (Å²) < 4.78 is 20.6. The number of halogens is 1. The molecule has 33 heavy (non-hydrogen) atoms. The zero-order valence-corrected chi connectivity index (χ0v) is 18.2. The van der Waals surface area contributed by atoms with Crippen LogP contribution in [0.15, 0.2) is 30.5 Å². The van der Waals surface area contributed by atoms with E-state index in [2.05, 4.69) is 21.3 Å². The fraction of sp³-hybridized carbons (Fsp3) is 0.320. The van der Waals surface area contributed by atoms with E-state index in [0.29, 0.717) is 30.0 Å². The van der Waals surface area contributed by atoms with Crippen molar-refractivity contribution in [2.75, 3.05) is 30.4 Å². The predicted octanol–water partition coefficient (Wildman–Crippen LogP) is 3.38. The number of piperidine rings is 1. The van der Waals surface area contributed by atoms with Gasteiger partial charge in [0.2, 0.25) is 0 Å². The molecule has 2 fully saturated rings. The number of hydrogen-bond donors (Lipinski definition) is 2. The van der Waals surface area contributed by atoms with E-state index in [1.807, 2.05) is 19.2 Å². The number of anilines is 2. The fourth-order valence-corrected chi connectivity index (χ4v) is 5.61. The molecule has 3 aromatic rings. The van der Waals surface area contributed by atoms with E-state index in [4.69, 9.17) is 20.4 Å². The Kier molecular flexibility index (Phi) is 3.88. The molecule has 3 heterocycles. The van der Waals surface area contributed by atoms with Gasteiger partial charge in [-0.05, 0) is 59.2 Å². The van der Waals surface area contributed by atoms with Gasteiger partial charge in [-0.15, -0.1) is 0 Å². The summed E-state index contributed by atoms with van der Waals surface area (Å²) in [6.45, 7) is 1.70. The number of nitrogens with zero attached hydrogens (tertiary/aromatic N) is 4. The Hall–Kier alpha value is -3.52. The van der Waals surface area contributed by atoms with E-state index in [9.17, 15) is 4.39 Å². The average molecular weight is 442 g/mol. The number of aromatic nitrogens is 3. The van der Waals surface area contributed by atoms with Crippen LogP contribution in [0.25, 0.3) is 17.2 Å². The molecule has 1 aliphatic heterocycles. The number of fused-ring (bicyclic) bond motifs is 5. The number of ether oxygens (including phenoxy) is 1. The molecule has 7 rings (SSSR count). The Labute approximate surface area is 190 Å². The van der Waals surface area contributed by atoms with Crippen molar-refractivity contribution in [2.45, 2.75) is 18.9 Å². The second-order valence-corrected chi connectivity index (χ2v) is 9.29. The minimum Gasteiger partial charge on any atom is -0.423 e. The molecule has 4 aliphatic rings. The second-order valence-electron chi connectivity index (χ2n) is 9.29. The lowest BCUT2D eigenvalue weighted by molar-refractivity contribution is 0.437. The lowest BCUT2D eigenvalue weighted by Gasteiger charge is -2.23. The van der Waals surface area contributed by atoms with Crippen LogP contribution < -0.4 is 20.7 Å². The molecular formula is C25H23FN6O. The van der Waals surface area contributed by atoms with E-state index in [-0.39, 0.29) is 11.9 Å². The van der Waals surface area contributed by atoms with Crippen molar-refractivity contribution in [3.8, 4) is 22.9 Å². The van der Waals surface area contributed by atoms with Crippen LogP contribution >= 0.6 is 0 Å². The smallest absolute Gasteiger partial charge is 0.324 e. The zero-order chi connectivity index (χ0) is 22.3. The number of benzene rings is 1. The molecule has 2 aromatic heterocycles. The van der Waals surface area contributed by atoms with E-state index < -0.39 is 0 Å². The Morgan fingerprint density at radius 3 is 2.85 bits per heavy atom. The van der Waals surface area contributed by atoms with Gasteiger partial charge >= 0.3 is 6.01 Å². The van der Waals surface area contributed by atoms with E-state index in [1.54, 1.807) is 12.3 Å². The van der Waals surface area contributed by atoms with Gasteiger partial charge in [0.1, 0.15) is 17.4 Å². The number of nitrogens with two attached hydrogens (primary N) is 1. The fourth-order valence-electron chi connectivity index (χ4n) is 5.61. The Morgan fingerprint density at radius 1 is 1.18 bits per heavy atom. The predicted molar refractivity (Wildman–Crippen MR) is 124 cm³/mol. The molecule has 0 amide bonds. The molecule has 166 valence electrons. The molecule has 8 heteroatoms. The third-order valence-electron chi connectivity index (χ3n) is 7.40. The minimum absolute atomic E-state index is 0.276. The molecule has 2 atom stereocenters. The summed E-state index contributed by atoms with van der Waals surface area (Å²) >= 11 is 0. The SMILES string of the molecule is CNc1cc(F)cc2c1Cc1nc(Oc3cnc4c(c3)CC=C4)nc(N3CC4C(N)C4C3)c1-2. The van der Waals surface area contributed by atoms with Crippen molar-refractivity contribution < 1.29 is 9.13 Å². The molecule has 1 aromatic carbocycles. The maximum atomic E-state index is 14.5. The minimum atomic E-state index is -0.277. The summed E-state index contributed by atoms with van der Waals surface area (Å²) in [7, 11) is 1.81. The summed E-state index contributed by atoms with van der Waals surface area (Å²) in [5.74, 6) is 2.13. The third-order valence-corrected chi connectivity index (χ3v) is 7.40. The van der Waals surface area contributed by atoms with E-state index in [1.165, 1.54) is 6.07 Å². The highest BCUT2D eigenvalue weighted by molar-refractivity contribution is 5.88. The largest absolute Gasteiger partial charge is 0.423 e. The normalized spacial score (nSPS) is 23.2. The highest BCUT2D eigenvalue weighted by Crippen LogP contribution is 2.50. The van der Waals surface area contributed by atoms with Gasteiger partial charge in [0, 0.05) is 43.9 Å². The molecule has 0 spiro atoms. The van der Waals surface area contributed by atoms with Crippen LogP contribution in [0, 0.1) is 17.7 Å². The lowest BCUT2D eigenvalue weighted by Crippen LogP contribution is -2.29. The van der Waals surface area contributed by atoms with Gasteiger partial charge in [-0.3, -0.25) is 4.98 Å². The second kappa shape index (κ2) is 6.74. The van der Waals surface area contributed by atoms with Gasteiger partial charge in [0.25, 0.3) is 0 Å². The standard InChI is InChI=1S/C25H23FN6O/c1-28-20-7-13(26)6-16-15(20)8-21-22(16)24(32-10-17-18(11-32)23(17)27)31-25(30-21)33-14-5-12-3-2-4-19(12)29-9-14/h2,4-7,9,17-18,23,28H,3,8,10-11,27H2,1H3. The summed E-state index contributed by atoms with van der Waals surface area (Å²) in [4.78, 5) is 16.3. The van der Waals surface area contributed by atoms with Crippen LogP contribution in [0.1, 0.15) is 22.5 Å². The Morgan fingerprint density at radius 2 is 2.03 bits per heavy atom. The molecule has 1 saturated carbocycles. The maximum absolute atomic E-state index is 14.5. The monoisotopic (exact) mass is 442 g/mol. The van der Waals surface area contributed by atoms with Crippen molar-refractivity contribution in [3.63, 3.8) is 0 Å². The van der Waals surface area contributed by atoms with Crippen molar-refractivity contribution >= 4 is 17.6 Å². The van der Waals surface area contributed by atoms with Crippen molar-refractivity contribution in [2.24, 2.45) is 17.6 Å². The van der Waals surface area contributed by atoms with Crippen LogP contribution in [-0.4, -0.2) is 41.1 Å². The van der Waals surface area contributed by atoms with Crippen LogP contribution in [0.3, 0.4) is 0 Å². The van der Waals surface area contributed by atoms with Gasteiger partial charge in [0.15, 0.2) is 0 Å². The summed E-state index contributed by atoms with van der Waals surface area (Å²) in [6.07, 6.45) is 7.25. The molecule has 3 aliphatic carbocycles. The molecule has 0 radical (unpaired) electrons. The lowest BCUT2D eigenvalue weighted by atomic mass is 10.0. The van der Waals surface area contributed by atoms with Crippen LogP contribution in [0.5, 0.6) is 11.8 Å². The first-order valence-electron chi connectivity index (χ1n) is 11.3. The first-order valence-corrected chi connectivity index (χ1v) is 11.3. The summed E-state index contributed by atoms with van der Waals surface area (Å²) in [5.41, 5.74) is 12.7. The van der Waals surface area contributed by atoms with Crippen molar-refractivity contribution in [1.82, 2.24) is 15.0 Å². The maximum Gasteiger partial charge on any atom is 0.324 e. The third kappa shape index (κ3) is 2.87. The highest BCUT2D eigenvalue weighted by Gasteiger charge is 2.54. The van der Waals surface area contributed by atoms with Crippen LogP contribution in [-0.2, 0) is 12.8 Å². The molecule has 7 nitrogen and oxygen atoms in total. The molecule has 1 saturated heterocycles. The first kappa shape index (κ1) is 19.0. The number of pyridine rings is 1. The topological polar surface area (TPSA) is 89.2 Å². The van der Waals surface area contributed by atoms with E-state index >= 15 is 0 Å². The molecule has 3 N–H and O–H groups in total. The molecular weight excluding hydrogens is 419 g/mol. The number of hydrogen-bond acceptors (Lipinski definition) is 7. The number of allylic oxidation sites excluding steroid dienone is 1. The summed E-state index contributed by atoms with van der Waals surface area (Å²) in [6, 6.07) is 5.68. The van der Waals surface area contributed by atoms with Gasteiger partial charge in [-0.1, -0.05) is 6.08 Å². The number of rotatable bonds is 4. The average Bonchev–Trinajstić information content (AvgIpc) is 3.29. The van der Waals surface area contributed by atoms with Gasteiger partial charge in [0.05, 0.1) is 17.6 Å². The van der Waals surface area contributed by atoms with Crippen molar-refractivity contribution in [1.29, 1.82) is 0 Å². The Balaban J connectivity index is 1.32. The molecule has 2 unspecified atom stereocenters. The van der Waals surface area contributed by atoms with Crippen LogP contribution in [0.4, 0.5) is 15.9 Å². The first-order chi connectivity index (χ1) is 16.1. The number of nitrogens with one attached hydrogen (secondary N) is 1. The molecule has 0 bridgehead atoms. The van der Waals surface area contributed by atoms with Crippen LogP contribution in [0.2, 0.25) is 0 Å².